The van der Waals surface area contributed by atoms with Gasteiger partial charge in [0.15, 0.2) is 5.96 Å². The second kappa shape index (κ2) is 8.55. The van der Waals surface area contributed by atoms with Crippen LogP contribution in [-0.4, -0.2) is 42.4 Å². The lowest BCUT2D eigenvalue weighted by Gasteiger charge is -2.35. The molecule has 0 aromatic heterocycles. The Hall–Kier alpha value is -1.27. The summed E-state index contributed by atoms with van der Waals surface area (Å²) in [6, 6.07) is 7.80. The first-order valence-corrected chi connectivity index (χ1v) is 8.97. The van der Waals surface area contributed by atoms with E-state index in [1.54, 1.807) is 0 Å². The van der Waals surface area contributed by atoms with E-state index in [-0.39, 0.29) is 6.10 Å². The summed E-state index contributed by atoms with van der Waals surface area (Å²) >= 11 is 3.48. The minimum Gasteiger partial charge on any atom is -0.488 e. The largest absolute Gasteiger partial charge is 0.488 e. The molecule has 1 aromatic rings. The molecule has 0 amide bonds. The Bertz CT molecular complexity index is 532. The van der Waals surface area contributed by atoms with Crippen LogP contribution in [0.2, 0.25) is 0 Å². The Labute approximate surface area is 146 Å². The summed E-state index contributed by atoms with van der Waals surface area (Å²) in [4.78, 5) is 4.48. The van der Waals surface area contributed by atoms with E-state index in [1.165, 1.54) is 0 Å². The van der Waals surface area contributed by atoms with E-state index < -0.39 is 5.60 Å². The number of nitrogens with zero attached hydrogens (tertiary/aromatic N) is 1. The summed E-state index contributed by atoms with van der Waals surface area (Å²) in [6.45, 7) is 5.89. The van der Waals surface area contributed by atoms with Gasteiger partial charge in [0.05, 0.1) is 23.2 Å². The molecule has 23 heavy (non-hydrogen) atoms. The third-order valence-corrected chi connectivity index (χ3v) is 4.54. The van der Waals surface area contributed by atoms with E-state index >= 15 is 0 Å². The lowest BCUT2D eigenvalue weighted by Crippen LogP contribution is -2.45. The van der Waals surface area contributed by atoms with Gasteiger partial charge in [-0.05, 0) is 61.2 Å². The molecule has 1 saturated carbocycles. The van der Waals surface area contributed by atoms with Crippen LogP contribution in [0.15, 0.2) is 33.7 Å². The van der Waals surface area contributed by atoms with Gasteiger partial charge in [0.25, 0.3) is 0 Å². The molecule has 128 valence electrons. The molecular weight excluding hydrogens is 358 g/mol. The predicted octanol–water partition coefficient (Wildman–Crippen LogP) is 2.69. The minimum atomic E-state index is -0.598. The standard InChI is InChI=1S/C17H26BrN3O2/c1-3-19-16(21-12-17(22)9-6-10-17)20-11-13(2)23-15-8-5-4-7-14(15)18/h4-5,7-8,13,22H,3,6,9-12H2,1-2H3,(H2,19,20,21). The fourth-order valence-corrected chi connectivity index (χ4v) is 2.73. The SMILES string of the molecule is CCNC(=NCC1(O)CCC1)NCC(C)Oc1ccccc1Br. The van der Waals surface area contributed by atoms with Gasteiger partial charge in [-0.2, -0.15) is 0 Å². The number of nitrogens with one attached hydrogen (secondary N) is 2. The molecule has 5 nitrogen and oxygen atoms in total. The fourth-order valence-electron chi connectivity index (χ4n) is 2.35. The van der Waals surface area contributed by atoms with Crippen LogP contribution >= 0.6 is 15.9 Å². The first-order valence-electron chi connectivity index (χ1n) is 8.18. The highest BCUT2D eigenvalue weighted by molar-refractivity contribution is 9.10. The predicted molar refractivity (Wildman–Crippen MR) is 97.0 cm³/mol. The molecule has 2 rings (SSSR count). The van der Waals surface area contributed by atoms with Crippen molar-refractivity contribution in [2.75, 3.05) is 19.6 Å². The number of aliphatic imine (C=N–C) groups is 1. The molecule has 1 aliphatic rings. The number of aliphatic hydroxyl groups is 1. The molecule has 0 aliphatic heterocycles. The highest BCUT2D eigenvalue weighted by atomic mass is 79.9. The molecule has 1 unspecified atom stereocenters. The topological polar surface area (TPSA) is 65.9 Å². The molecule has 1 fully saturated rings. The first kappa shape index (κ1) is 18.1. The molecule has 0 spiro atoms. The van der Waals surface area contributed by atoms with Crippen molar-refractivity contribution in [2.45, 2.75) is 44.8 Å². The molecule has 0 bridgehead atoms. The zero-order valence-electron chi connectivity index (χ0n) is 13.8. The zero-order valence-corrected chi connectivity index (χ0v) is 15.4. The van der Waals surface area contributed by atoms with Crippen LogP contribution in [0.3, 0.4) is 0 Å². The van der Waals surface area contributed by atoms with Crippen LogP contribution in [0, 0.1) is 0 Å². The fraction of sp³-hybridized carbons (Fsp3) is 0.588. The van der Waals surface area contributed by atoms with Crippen LogP contribution in [0.1, 0.15) is 33.1 Å². The van der Waals surface area contributed by atoms with Crippen molar-refractivity contribution in [1.82, 2.24) is 10.6 Å². The van der Waals surface area contributed by atoms with Crippen molar-refractivity contribution in [3.05, 3.63) is 28.7 Å². The molecule has 0 heterocycles. The van der Waals surface area contributed by atoms with Gasteiger partial charge in [-0.1, -0.05) is 12.1 Å². The molecule has 3 N–H and O–H groups in total. The van der Waals surface area contributed by atoms with Gasteiger partial charge in [0.2, 0.25) is 0 Å². The van der Waals surface area contributed by atoms with Crippen molar-refractivity contribution >= 4 is 21.9 Å². The van der Waals surface area contributed by atoms with Crippen LogP contribution in [0.4, 0.5) is 0 Å². The molecular formula is C17H26BrN3O2. The van der Waals surface area contributed by atoms with Crippen molar-refractivity contribution in [3.63, 3.8) is 0 Å². The summed E-state index contributed by atoms with van der Waals surface area (Å²) in [7, 11) is 0. The van der Waals surface area contributed by atoms with Gasteiger partial charge in [-0.3, -0.25) is 4.99 Å². The maximum Gasteiger partial charge on any atom is 0.191 e. The van der Waals surface area contributed by atoms with Crippen LogP contribution in [0.5, 0.6) is 5.75 Å². The van der Waals surface area contributed by atoms with Crippen LogP contribution < -0.4 is 15.4 Å². The zero-order chi connectivity index (χ0) is 16.7. The molecule has 1 aromatic carbocycles. The Balaban J connectivity index is 1.82. The maximum absolute atomic E-state index is 10.1. The third-order valence-electron chi connectivity index (χ3n) is 3.88. The summed E-state index contributed by atoms with van der Waals surface area (Å²) < 4.78 is 6.85. The normalized spacial score (nSPS) is 18.0. The monoisotopic (exact) mass is 383 g/mol. The quantitative estimate of drug-likeness (QED) is 0.500. The molecule has 1 aliphatic carbocycles. The molecule has 0 radical (unpaired) electrons. The van der Waals surface area contributed by atoms with E-state index in [4.69, 9.17) is 4.74 Å². The highest BCUT2D eigenvalue weighted by Gasteiger charge is 2.34. The number of halogens is 1. The molecule has 1 atom stereocenters. The average Bonchev–Trinajstić information content (AvgIpc) is 2.50. The van der Waals surface area contributed by atoms with Crippen molar-refractivity contribution < 1.29 is 9.84 Å². The number of hydrogen-bond acceptors (Lipinski definition) is 3. The van der Waals surface area contributed by atoms with E-state index in [0.29, 0.717) is 13.1 Å². The number of rotatable bonds is 7. The van der Waals surface area contributed by atoms with E-state index in [0.717, 1.165) is 42.0 Å². The number of ether oxygens (including phenoxy) is 1. The van der Waals surface area contributed by atoms with Gasteiger partial charge < -0.3 is 20.5 Å². The Morgan fingerprint density at radius 2 is 2.13 bits per heavy atom. The van der Waals surface area contributed by atoms with E-state index in [2.05, 4.69) is 31.6 Å². The highest BCUT2D eigenvalue weighted by Crippen LogP contribution is 2.31. The van der Waals surface area contributed by atoms with Gasteiger partial charge >= 0.3 is 0 Å². The number of guanidine groups is 1. The van der Waals surface area contributed by atoms with E-state index in [9.17, 15) is 5.11 Å². The molecule has 6 heteroatoms. The van der Waals surface area contributed by atoms with Gasteiger partial charge in [-0.15, -0.1) is 0 Å². The second-order valence-corrected chi connectivity index (χ2v) is 6.87. The summed E-state index contributed by atoms with van der Waals surface area (Å²) in [5.41, 5.74) is -0.598. The van der Waals surface area contributed by atoms with Crippen molar-refractivity contribution in [2.24, 2.45) is 4.99 Å². The smallest absolute Gasteiger partial charge is 0.191 e. The summed E-state index contributed by atoms with van der Waals surface area (Å²) in [6.07, 6.45) is 2.77. The van der Waals surface area contributed by atoms with E-state index in [1.807, 2.05) is 38.1 Å². The average molecular weight is 384 g/mol. The summed E-state index contributed by atoms with van der Waals surface area (Å²) in [5, 5.41) is 16.6. The van der Waals surface area contributed by atoms with Gasteiger partial charge in [-0.25, -0.2) is 0 Å². The number of para-hydroxylation sites is 1. The minimum absolute atomic E-state index is 0.00987. The lowest BCUT2D eigenvalue weighted by atomic mass is 9.80. The lowest BCUT2D eigenvalue weighted by molar-refractivity contribution is -0.0236. The number of hydrogen-bond donors (Lipinski definition) is 3. The number of benzene rings is 1. The van der Waals surface area contributed by atoms with Crippen LogP contribution in [0.25, 0.3) is 0 Å². The van der Waals surface area contributed by atoms with Crippen molar-refractivity contribution in [1.29, 1.82) is 0 Å². The third kappa shape index (κ3) is 5.70. The Morgan fingerprint density at radius 1 is 1.39 bits per heavy atom. The Kier molecular flexibility index (Phi) is 6.72. The Morgan fingerprint density at radius 3 is 2.74 bits per heavy atom. The van der Waals surface area contributed by atoms with Gasteiger partial charge in [0.1, 0.15) is 11.9 Å². The maximum atomic E-state index is 10.1. The van der Waals surface area contributed by atoms with Crippen LogP contribution in [-0.2, 0) is 0 Å². The first-order chi connectivity index (χ1) is 11.0. The summed E-state index contributed by atoms with van der Waals surface area (Å²) in [5.74, 6) is 1.54. The molecule has 0 saturated heterocycles. The van der Waals surface area contributed by atoms with Gasteiger partial charge in [0, 0.05) is 6.54 Å². The second-order valence-electron chi connectivity index (χ2n) is 6.01. The van der Waals surface area contributed by atoms with Crippen molar-refractivity contribution in [3.8, 4) is 5.75 Å².